The molecule has 0 spiro atoms. The Bertz CT molecular complexity index is 559. The van der Waals surface area contributed by atoms with Gasteiger partial charge in [-0.25, -0.2) is 17.2 Å². The number of halogens is 2. The topological polar surface area (TPSA) is 46.2 Å². The molecule has 0 aliphatic carbocycles. The third-order valence-electron chi connectivity index (χ3n) is 3.13. The summed E-state index contributed by atoms with van der Waals surface area (Å²) in [7, 11) is -3.06. The minimum absolute atomic E-state index is 0.000325. The van der Waals surface area contributed by atoms with Crippen LogP contribution in [0.3, 0.4) is 0 Å². The van der Waals surface area contributed by atoms with Crippen molar-refractivity contribution in [2.75, 3.05) is 18.6 Å². The highest BCUT2D eigenvalue weighted by atomic mass is 32.2. The van der Waals surface area contributed by atoms with Gasteiger partial charge in [-0.05, 0) is 37.9 Å². The van der Waals surface area contributed by atoms with E-state index in [0.29, 0.717) is 24.9 Å². The molecule has 0 fully saturated rings. The molecule has 0 aromatic heterocycles. The highest BCUT2D eigenvalue weighted by Gasteiger charge is 2.21. The maximum absolute atomic E-state index is 14.1. The second-order valence-electron chi connectivity index (χ2n) is 4.97. The number of aryl methyl sites for hydroxylation is 1. The third kappa shape index (κ3) is 4.83. The van der Waals surface area contributed by atoms with Gasteiger partial charge in [-0.2, -0.15) is 0 Å². The van der Waals surface area contributed by atoms with E-state index in [0.717, 1.165) is 6.26 Å². The molecule has 1 atom stereocenters. The van der Waals surface area contributed by atoms with Crippen molar-refractivity contribution in [2.24, 2.45) is 0 Å². The lowest BCUT2D eigenvalue weighted by Gasteiger charge is -2.20. The first-order valence-corrected chi connectivity index (χ1v) is 8.68. The van der Waals surface area contributed by atoms with Crippen molar-refractivity contribution in [2.45, 2.75) is 32.7 Å². The molecule has 1 aromatic carbocycles. The van der Waals surface area contributed by atoms with Gasteiger partial charge in [-0.1, -0.05) is 13.0 Å². The number of hydrogen-bond acceptors (Lipinski definition) is 3. The molecule has 0 bridgehead atoms. The Morgan fingerprint density at radius 1 is 1.30 bits per heavy atom. The van der Waals surface area contributed by atoms with Crippen LogP contribution in [0.25, 0.3) is 0 Å². The third-order valence-corrected chi connectivity index (χ3v) is 4.16. The first-order valence-electron chi connectivity index (χ1n) is 6.62. The predicted octanol–water partition coefficient (Wildman–Crippen LogP) is 2.75. The van der Waals surface area contributed by atoms with Gasteiger partial charge in [0.1, 0.15) is 21.5 Å². The molecule has 0 radical (unpaired) electrons. The van der Waals surface area contributed by atoms with Crippen LogP contribution in [0.1, 0.15) is 36.9 Å². The minimum atomic E-state index is -3.06. The van der Waals surface area contributed by atoms with E-state index in [9.17, 15) is 17.2 Å². The lowest BCUT2D eigenvalue weighted by molar-refractivity contribution is 0.449. The zero-order chi connectivity index (χ0) is 15.3. The Kier molecular flexibility index (Phi) is 6.07. The van der Waals surface area contributed by atoms with Gasteiger partial charge in [0, 0.05) is 23.6 Å². The van der Waals surface area contributed by atoms with E-state index in [2.05, 4.69) is 5.32 Å². The predicted molar refractivity (Wildman–Crippen MR) is 76.5 cm³/mol. The Labute approximate surface area is 119 Å². The summed E-state index contributed by atoms with van der Waals surface area (Å²) in [5.74, 6) is -1.14. The largest absolute Gasteiger partial charge is 0.310 e. The molecule has 20 heavy (non-hydrogen) atoms. The first-order chi connectivity index (χ1) is 9.26. The van der Waals surface area contributed by atoms with Crippen LogP contribution in [0.5, 0.6) is 0 Å². The van der Waals surface area contributed by atoms with Crippen molar-refractivity contribution in [3.8, 4) is 0 Å². The van der Waals surface area contributed by atoms with E-state index < -0.39 is 27.5 Å². The fourth-order valence-electron chi connectivity index (χ4n) is 2.14. The number of sulfone groups is 1. The fraction of sp³-hybridized carbons (Fsp3) is 0.571. The van der Waals surface area contributed by atoms with Crippen molar-refractivity contribution >= 4 is 9.84 Å². The minimum Gasteiger partial charge on any atom is -0.310 e. The fourth-order valence-corrected chi connectivity index (χ4v) is 2.83. The molecule has 0 saturated carbocycles. The van der Waals surface area contributed by atoms with Crippen LogP contribution in [0.4, 0.5) is 8.78 Å². The highest BCUT2D eigenvalue weighted by molar-refractivity contribution is 7.90. The molecule has 6 heteroatoms. The van der Waals surface area contributed by atoms with E-state index in [-0.39, 0.29) is 11.3 Å². The number of hydrogen-bond donors (Lipinski definition) is 1. The van der Waals surface area contributed by atoms with Gasteiger partial charge in [0.25, 0.3) is 0 Å². The van der Waals surface area contributed by atoms with Gasteiger partial charge in [0.05, 0.1) is 0 Å². The lowest BCUT2D eigenvalue weighted by atomic mass is 9.99. The molecule has 0 amide bonds. The Balaban J connectivity index is 2.94. The molecular formula is C14H21F2NO2S. The highest BCUT2D eigenvalue weighted by Crippen LogP contribution is 2.26. The van der Waals surface area contributed by atoms with Crippen molar-refractivity contribution < 1.29 is 17.2 Å². The van der Waals surface area contributed by atoms with E-state index in [4.69, 9.17) is 0 Å². The second-order valence-corrected chi connectivity index (χ2v) is 7.23. The van der Waals surface area contributed by atoms with Crippen molar-refractivity contribution in [1.29, 1.82) is 0 Å². The van der Waals surface area contributed by atoms with Crippen LogP contribution in [0.2, 0.25) is 0 Å². The molecule has 1 N–H and O–H groups in total. The maximum atomic E-state index is 14.1. The zero-order valence-electron chi connectivity index (χ0n) is 12.0. The molecule has 0 aliphatic heterocycles. The van der Waals surface area contributed by atoms with E-state index in [1.807, 2.05) is 6.92 Å². The summed E-state index contributed by atoms with van der Waals surface area (Å²) in [6.45, 7) is 3.98. The van der Waals surface area contributed by atoms with Crippen LogP contribution in [-0.4, -0.2) is 27.0 Å². The van der Waals surface area contributed by atoms with Crippen LogP contribution in [0.15, 0.2) is 12.1 Å². The van der Waals surface area contributed by atoms with Gasteiger partial charge in [0.15, 0.2) is 0 Å². The molecule has 3 nitrogen and oxygen atoms in total. The summed E-state index contributed by atoms with van der Waals surface area (Å²) < 4.78 is 50.2. The smallest absolute Gasteiger partial charge is 0.147 e. The second kappa shape index (κ2) is 7.13. The Hall–Kier alpha value is -1.01. The summed E-state index contributed by atoms with van der Waals surface area (Å²) in [5, 5.41) is 3.02. The van der Waals surface area contributed by atoms with Crippen LogP contribution in [-0.2, 0) is 9.84 Å². The molecule has 1 rings (SSSR count). The monoisotopic (exact) mass is 305 g/mol. The van der Waals surface area contributed by atoms with Crippen LogP contribution >= 0.6 is 0 Å². The van der Waals surface area contributed by atoms with Crippen molar-refractivity contribution in [3.63, 3.8) is 0 Å². The van der Waals surface area contributed by atoms with Gasteiger partial charge in [-0.3, -0.25) is 0 Å². The number of nitrogens with one attached hydrogen (secondary N) is 1. The van der Waals surface area contributed by atoms with Gasteiger partial charge in [-0.15, -0.1) is 0 Å². The van der Waals surface area contributed by atoms with Gasteiger partial charge >= 0.3 is 0 Å². The Morgan fingerprint density at radius 2 is 1.95 bits per heavy atom. The van der Waals surface area contributed by atoms with Crippen LogP contribution in [0, 0.1) is 18.6 Å². The molecule has 0 heterocycles. The summed E-state index contributed by atoms with van der Waals surface area (Å²) >= 11 is 0. The normalized spacial score (nSPS) is 13.4. The SMILES string of the molecule is CCNC(CCCS(C)(=O)=O)c1c(F)ccc(C)c1F. The Morgan fingerprint density at radius 3 is 2.50 bits per heavy atom. The van der Waals surface area contributed by atoms with Gasteiger partial charge in [0.2, 0.25) is 0 Å². The van der Waals surface area contributed by atoms with E-state index in [1.54, 1.807) is 6.92 Å². The molecule has 1 unspecified atom stereocenters. The summed E-state index contributed by atoms with van der Waals surface area (Å²) in [5.41, 5.74) is 0.382. The van der Waals surface area contributed by atoms with Crippen molar-refractivity contribution in [1.82, 2.24) is 5.32 Å². The molecular weight excluding hydrogens is 284 g/mol. The van der Waals surface area contributed by atoms with Crippen molar-refractivity contribution in [3.05, 3.63) is 34.9 Å². The first kappa shape index (κ1) is 17.0. The number of benzene rings is 1. The molecule has 114 valence electrons. The summed E-state index contributed by atoms with van der Waals surface area (Å²) in [6.07, 6.45) is 1.89. The maximum Gasteiger partial charge on any atom is 0.147 e. The average Bonchev–Trinajstić information content (AvgIpc) is 2.33. The molecule has 0 saturated heterocycles. The van der Waals surface area contributed by atoms with Crippen LogP contribution < -0.4 is 5.32 Å². The van der Waals surface area contributed by atoms with E-state index >= 15 is 0 Å². The van der Waals surface area contributed by atoms with E-state index in [1.165, 1.54) is 12.1 Å². The summed E-state index contributed by atoms with van der Waals surface area (Å²) in [6, 6.07) is 2.13. The molecule has 0 aliphatic rings. The quantitative estimate of drug-likeness (QED) is 0.842. The lowest BCUT2D eigenvalue weighted by Crippen LogP contribution is -2.24. The van der Waals surface area contributed by atoms with Gasteiger partial charge < -0.3 is 5.32 Å². The average molecular weight is 305 g/mol. The molecule has 1 aromatic rings. The summed E-state index contributed by atoms with van der Waals surface area (Å²) in [4.78, 5) is 0. The standard InChI is InChI=1S/C14H21F2NO2S/c1-4-17-12(6-5-9-20(3,18)19)13-11(15)8-7-10(2)14(13)16/h7-8,12,17H,4-6,9H2,1-3H3. The zero-order valence-corrected chi connectivity index (χ0v) is 12.9. The number of rotatable bonds is 7.